The first-order valence-electron chi connectivity index (χ1n) is 6.00. The maximum Gasteiger partial charge on any atom is 0.323 e. The molecule has 6 heteroatoms. The van der Waals surface area contributed by atoms with Crippen molar-refractivity contribution >= 4 is 5.97 Å². The number of piperidine rings is 1. The van der Waals surface area contributed by atoms with Gasteiger partial charge in [-0.1, -0.05) is 19.8 Å². The van der Waals surface area contributed by atoms with Crippen LogP contribution in [0.1, 0.15) is 26.2 Å². The third kappa shape index (κ3) is 3.38. The number of hydrogen-bond donors (Lipinski definition) is 4. The van der Waals surface area contributed by atoms with Gasteiger partial charge >= 0.3 is 5.97 Å². The van der Waals surface area contributed by atoms with Crippen LogP contribution in [0.15, 0.2) is 0 Å². The van der Waals surface area contributed by atoms with Gasteiger partial charge in [-0.3, -0.25) is 9.69 Å². The summed E-state index contributed by atoms with van der Waals surface area (Å²) in [6.07, 6.45) is -1.13. The number of aliphatic hydroxyl groups is 3. The van der Waals surface area contributed by atoms with E-state index in [2.05, 4.69) is 0 Å². The van der Waals surface area contributed by atoms with Crippen molar-refractivity contribution in [2.45, 2.75) is 50.5 Å². The molecule has 0 aromatic heterocycles. The average molecular weight is 247 g/mol. The van der Waals surface area contributed by atoms with Crippen LogP contribution in [0.25, 0.3) is 0 Å². The molecule has 0 aromatic rings. The highest BCUT2D eigenvalue weighted by Gasteiger charge is 2.44. The fraction of sp³-hybridized carbons (Fsp3) is 0.909. The van der Waals surface area contributed by atoms with Crippen LogP contribution in [0.2, 0.25) is 0 Å². The molecule has 0 aromatic carbocycles. The average Bonchev–Trinajstić information content (AvgIpc) is 2.26. The van der Waals surface area contributed by atoms with Crippen LogP contribution in [0.5, 0.6) is 0 Å². The van der Waals surface area contributed by atoms with Crippen LogP contribution in [0, 0.1) is 0 Å². The molecule has 100 valence electrons. The van der Waals surface area contributed by atoms with E-state index >= 15 is 0 Å². The topological polar surface area (TPSA) is 101 Å². The fourth-order valence-corrected chi connectivity index (χ4v) is 2.19. The van der Waals surface area contributed by atoms with Gasteiger partial charge in [-0.05, 0) is 13.0 Å². The second-order valence-corrected chi connectivity index (χ2v) is 4.53. The Bertz CT molecular complexity index is 260. The largest absolute Gasteiger partial charge is 0.480 e. The number of β-amino-alcohol motifs (C(OH)–C–C–N with tert-alkyl or cyclic N) is 1. The second kappa shape index (κ2) is 6.30. The van der Waals surface area contributed by atoms with Gasteiger partial charge in [0.25, 0.3) is 0 Å². The fourth-order valence-electron chi connectivity index (χ4n) is 2.19. The van der Waals surface area contributed by atoms with E-state index in [1.165, 1.54) is 4.90 Å². The quantitative estimate of drug-likeness (QED) is 0.466. The molecule has 0 bridgehead atoms. The van der Waals surface area contributed by atoms with Gasteiger partial charge in [0.2, 0.25) is 0 Å². The Labute approximate surface area is 100 Å². The van der Waals surface area contributed by atoms with Crippen LogP contribution in [-0.2, 0) is 4.79 Å². The van der Waals surface area contributed by atoms with Gasteiger partial charge in [0.05, 0.1) is 6.10 Å². The van der Waals surface area contributed by atoms with E-state index in [1.807, 2.05) is 6.92 Å². The van der Waals surface area contributed by atoms with Crippen molar-refractivity contribution in [1.82, 2.24) is 4.90 Å². The number of unbranched alkanes of at least 4 members (excludes halogenated alkanes) is 2. The van der Waals surface area contributed by atoms with Gasteiger partial charge < -0.3 is 20.4 Å². The number of likely N-dealkylation sites (tertiary alicyclic amines) is 1. The van der Waals surface area contributed by atoms with E-state index in [1.54, 1.807) is 0 Å². The minimum atomic E-state index is -1.45. The van der Waals surface area contributed by atoms with E-state index in [0.29, 0.717) is 6.54 Å². The van der Waals surface area contributed by atoms with Crippen molar-refractivity contribution in [3.05, 3.63) is 0 Å². The SMILES string of the molecule is CCCCCN1C[C@H](O)[C@@H](O)[C@H](O)[C@H]1C(=O)O. The molecule has 1 saturated heterocycles. The normalized spacial score (nSPS) is 34.8. The molecular weight excluding hydrogens is 226 g/mol. The predicted octanol–water partition coefficient (Wildman–Crippen LogP) is -0.972. The lowest BCUT2D eigenvalue weighted by Gasteiger charge is -2.41. The first-order chi connectivity index (χ1) is 7.99. The first-order valence-corrected chi connectivity index (χ1v) is 6.00. The minimum Gasteiger partial charge on any atom is -0.480 e. The Morgan fingerprint density at radius 3 is 2.41 bits per heavy atom. The van der Waals surface area contributed by atoms with E-state index in [9.17, 15) is 20.1 Å². The van der Waals surface area contributed by atoms with Crippen molar-refractivity contribution in [1.29, 1.82) is 0 Å². The highest BCUT2D eigenvalue weighted by Crippen LogP contribution is 2.20. The van der Waals surface area contributed by atoms with Crippen molar-refractivity contribution in [2.75, 3.05) is 13.1 Å². The number of nitrogens with zero attached hydrogens (tertiary/aromatic N) is 1. The Hall–Kier alpha value is -0.690. The molecule has 0 saturated carbocycles. The molecule has 1 aliphatic heterocycles. The summed E-state index contributed by atoms with van der Waals surface area (Å²) in [5.41, 5.74) is 0. The van der Waals surface area contributed by atoms with Crippen molar-refractivity contribution in [3.63, 3.8) is 0 Å². The van der Waals surface area contributed by atoms with Gasteiger partial charge in [-0.2, -0.15) is 0 Å². The molecule has 0 unspecified atom stereocenters. The standard InChI is InChI=1S/C11H21NO5/c1-2-3-4-5-12-6-7(13)9(14)10(15)8(12)11(16)17/h7-10,13-15H,2-6H2,1H3,(H,16,17)/t7-,8-,9+,10+/m0/s1. The Kier molecular flexibility index (Phi) is 5.32. The number of aliphatic carboxylic acids is 1. The molecule has 1 rings (SSSR count). The lowest BCUT2D eigenvalue weighted by atomic mass is 9.93. The molecule has 4 N–H and O–H groups in total. The van der Waals surface area contributed by atoms with Gasteiger partial charge in [-0.25, -0.2) is 0 Å². The maximum absolute atomic E-state index is 11.1. The molecule has 0 radical (unpaired) electrons. The highest BCUT2D eigenvalue weighted by molar-refractivity contribution is 5.74. The van der Waals surface area contributed by atoms with Gasteiger partial charge in [0.1, 0.15) is 18.2 Å². The minimum absolute atomic E-state index is 0.0822. The van der Waals surface area contributed by atoms with Crippen LogP contribution in [0.3, 0.4) is 0 Å². The summed E-state index contributed by atoms with van der Waals surface area (Å²) in [7, 11) is 0. The summed E-state index contributed by atoms with van der Waals surface area (Å²) in [6, 6.07) is -1.13. The molecule has 1 heterocycles. The lowest BCUT2D eigenvalue weighted by molar-refractivity contribution is -0.170. The summed E-state index contributed by atoms with van der Waals surface area (Å²) < 4.78 is 0. The monoisotopic (exact) mass is 247 g/mol. The zero-order valence-electron chi connectivity index (χ0n) is 9.99. The van der Waals surface area contributed by atoms with E-state index in [0.717, 1.165) is 19.3 Å². The Balaban J connectivity index is 2.67. The van der Waals surface area contributed by atoms with Crippen molar-refractivity contribution in [2.24, 2.45) is 0 Å². The van der Waals surface area contributed by atoms with Crippen molar-refractivity contribution in [3.8, 4) is 0 Å². The molecule has 17 heavy (non-hydrogen) atoms. The zero-order chi connectivity index (χ0) is 13.0. The Morgan fingerprint density at radius 1 is 1.24 bits per heavy atom. The summed E-state index contributed by atoms with van der Waals surface area (Å²) in [5, 5.41) is 37.7. The van der Waals surface area contributed by atoms with Crippen LogP contribution in [0.4, 0.5) is 0 Å². The van der Waals surface area contributed by atoms with Gasteiger partial charge in [-0.15, -0.1) is 0 Å². The first kappa shape index (κ1) is 14.4. The highest BCUT2D eigenvalue weighted by atomic mass is 16.4. The number of carboxylic acids is 1. The van der Waals surface area contributed by atoms with Crippen LogP contribution < -0.4 is 0 Å². The zero-order valence-corrected chi connectivity index (χ0v) is 9.99. The third-order valence-electron chi connectivity index (χ3n) is 3.18. The number of carboxylic acid groups (broad SMARTS) is 1. The van der Waals surface area contributed by atoms with Gasteiger partial charge in [0.15, 0.2) is 0 Å². The third-order valence-corrected chi connectivity index (χ3v) is 3.18. The summed E-state index contributed by atoms with van der Waals surface area (Å²) in [6.45, 7) is 2.63. The van der Waals surface area contributed by atoms with Crippen molar-refractivity contribution < 1.29 is 25.2 Å². The number of rotatable bonds is 5. The van der Waals surface area contributed by atoms with E-state index < -0.39 is 30.3 Å². The molecule has 0 spiro atoms. The molecule has 1 fully saturated rings. The van der Waals surface area contributed by atoms with Gasteiger partial charge in [0, 0.05) is 6.54 Å². The smallest absolute Gasteiger partial charge is 0.323 e. The molecule has 0 aliphatic carbocycles. The lowest BCUT2D eigenvalue weighted by Crippen LogP contribution is -2.63. The van der Waals surface area contributed by atoms with E-state index in [4.69, 9.17) is 5.11 Å². The molecule has 1 aliphatic rings. The molecular formula is C11H21NO5. The van der Waals surface area contributed by atoms with Crippen LogP contribution >= 0.6 is 0 Å². The Morgan fingerprint density at radius 2 is 1.88 bits per heavy atom. The van der Waals surface area contributed by atoms with E-state index in [-0.39, 0.29) is 6.54 Å². The molecule has 6 nitrogen and oxygen atoms in total. The molecule has 0 amide bonds. The second-order valence-electron chi connectivity index (χ2n) is 4.53. The predicted molar refractivity (Wildman–Crippen MR) is 60.5 cm³/mol. The molecule has 4 atom stereocenters. The summed E-state index contributed by atoms with van der Waals surface area (Å²) >= 11 is 0. The summed E-state index contributed by atoms with van der Waals surface area (Å²) in [4.78, 5) is 12.6. The van der Waals surface area contributed by atoms with Crippen LogP contribution in [-0.4, -0.2) is 68.7 Å². The number of hydrogen-bond acceptors (Lipinski definition) is 5. The summed E-state index contributed by atoms with van der Waals surface area (Å²) in [5.74, 6) is -1.17. The number of carbonyl (C=O) groups is 1. The number of aliphatic hydroxyl groups excluding tert-OH is 3. The maximum atomic E-state index is 11.1.